The van der Waals surface area contributed by atoms with Crippen molar-refractivity contribution in [2.24, 2.45) is 0 Å². The van der Waals surface area contributed by atoms with E-state index in [0.717, 1.165) is 0 Å². The Labute approximate surface area is 124 Å². The lowest BCUT2D eigenvalue weighted by molar-refractivity contribution is 0.394. The summed E-state index contributed by atoms with van der Waals surface area (Å²) in [5.41, 5.74) is 0.658. The van der Waals surface area contributed by atoms with Gasteiger partial charge in [0, 0.05) is 6.07 Å². The van der Waals surface area contributed by atoms with Gasteiger partial charge in [0.15, 0.2) is 0 Å². The molecule has 7 heteroatoms. The van der Waals surface area contributed by atoms with Crippen LogP contribution < -0.4 is 14.8 Å². The first-order valence-electron chi connectivity index (χ1n) is 5.31. The van der Waals surface area contributed by atoms with E-state index in [1.807, 2.05) is 0 Å². The van der Waals surface area contributed by atoms with Gasteiger partial charge in [-0.15, -0.1) is 0 Å². The van der Waals surface area contributed by atoms with Crippen LogP contribution in [0.4, 0.5) is 11.6 Å². The van der Waals surface area contributed by atoms with E-state index in [1.54, 1.807) is 31.5 Å². The molecule has 0 radical (unpaired) electrons. The molecule has 0 saturated heterocycles. The lowest BCUT2D eigenvalue weighted by atomic mass is 10.3. The molecule has 1 aromatic carbocycles. The number of nitrogens with zero attached hydrogens (tertiary/aromatic N) is 2. The number of benzene rings is 1. The van der Waals surface area contributed by atoms with Gasteiger partial charge in [-0.3, -0.25) is 0 Å². The highest BCUT2D eigenvalue weighted by atomic mass is 79.9. The summed E-state index contributed by atoms with van der Waals surface area (Å²) < 4.78 is 10.9. The molecule has 0 unspecified atom stereocenters. The summed E-state index contributed by atoms with van der Waals surface area (Å²) >= 11 is 9.38. The minimum atomic E-state index is 0.384. The lowest BCUT2D eigenvalue weighted by Gasteiger charge is -2.10. The zero-order valence-corrected chi connectivity index (χ0v) is 12.6. The Hall–Kier alpha value is -1.53. The number of nitrogens with one attached hydrogen (secondary N) is 1. The van der Waals surface area contributed by atoms with Gasteiger partial charge < -0.3 is 14.8 Å². The largest absolute Gasteiger partial charge is 0.497 e. The van der Waals surface area contributed by atoms with Crippen LogP contribution in [0.25, 0.3) is 0 Å². The Bertz CT molecular complexity index is 595. The third-order valence-corrected chi connectivity index (χ3v) is 3.20. The molecule has 0 fully saturated rings. The smallest absolute Gasteiger partial charge is 0.232 e. The summed E-state index contributed by atoms with van der Waals surface area (Å²) in [6.07, 6.45) is 1.60. The number of hydrogen-bond acceptors (Lipinski definition) is 5. The van der Waals surface area contributed by atoms with Crippen molar-refractivity contribution in [3.63, 3.8) is 0 Å². The topological polar surface area (TPSA) is 56.3 Å². The van der Waals surface area contributed by atoms with E-state index in [2.05, 4.69) is 31.2 Å². The highest BCUT2D eigenvalue weighted by Crippen LogP contribution is 2.29. The summed E-state index contributed by atoms with van der Waals surface area (Å²) in [7, 11) is 3.13. The Morgan fingerprint density at radius 1 is 1.26 bits per heavy atom. The first-order valence-corrected chi connectivity index (χ1v) is 6.48. The van der Waals surface area contributed by atoms with E-state index in [4.69, 9.17) is 21.1 Å². The zero-order valence-electron chi connectivity index (χ0n) is 10.3. The molecule has 1 aromatic heterocycles. The van der Waals surface area contributed by atoms with Crippen molar-refractivity contribution in [1.82, 2.24) is 9.97 Å². The summed E-state index contributed by atoms with van der Waals surface area (Å²) in [5, 5.41) is 3.56. The molecule has 2 aromatic rings. The van der Waals surface area contributed by atoms with Gasteiger partial charge in [-0.25, -0.2) is 4.98 Å². The molecule has 100 valence electrons. The molecule has 5 nitrogen and oxygen atoms in total. The first kappa shape index (κ1) is 13.9. The van der Waals surface area contributed by atoms with E-state index >= 15 is 0 Å². The van der Waals surface area contributed by atoms with Crippen molar-refractivity contribution >= 4 is 39.2 Å². The standard InChI is InChI=1S/C12H11BrClN3O2/c1-18-7-3-4-9(14)10(5-7)16-12-15-6-8(13)11(17-12)19-2/h3-6H,1-2H3,(H,15,16,17). The third kappa shape index (κ3) is 3.27. The van der Waals surface area contributed by atoms with Crippen LogP contribution in [-0.4, -0.2) is 24.2 Å². The van der Waals surface area contributed by atoms with Gasteiger partial charge in [-0.05, 0) is 28.1 Å². The van der Waals surface area contributed by atoms with Crippen LogP contribution in [0, 0.1) is 0 Å². The number of methoxy groups -OCH3 is 2. The monoisotopic (exact) mass is 343 g/mol. The maximum atomic E-state index is 6.09. The third-order valence-electron chi connectivity index (χ3n) is 2.33. The number of ether oxygens (including phenoxy) is 2. The van der Waals surface area contributed by atoms with Crippen LogP contribution in [0.5, 0.6) is 11.6 Å². The van der Waals surface area contributed by atoms with Crippen LogP contribution in [0.15, 0.2) is 28.9 Å². The van der Waals surface area contributed by atoms with Gasteiger partial charge in [0.2, 0.25) is 11.8 Å². The van der Waals surface area contributed by atoms with Crippen molar-refractivity contribution < 1.29 is 9.47 Å². The predicted octanol–water partition coefficient (Wildman–Crippen LogP) is 3.65. The van der Waals surface area contributed by atoms with E-state index in [9.17, 15) is 0 Å². The minimum Gasteiger partial charge on any atom is -0.497 e. The van der Waals surface area contributed by atoms with Crippen molar-refractivity contribution in [1.29, 1.82) is 0 Å². The van der Waals surface area contributed by atoms with E-state index < -0.39 is 0 Å². The fourth-order valence-corrected chi connectivity index (χ4v) is 1.92. The molecule has 0 atom stereocenters. The molecule has 0 aliphatic rings. The fourth-order valence-electron chi connectivity index (χ4n) is 1.40. The summed E-state index contributed by atoms with van der Waals surface area (Å²) in [5.74, 6) is 1.52. The maximum Gasteiger partial charge on any atom is 0.232 e. The van der Waals surface area contributed by atoms with E-state index in [0.29, 0.717) is 32.8 Å². The second kappa shape index (κ2) is 6.08. The van der Waals surface area contributed by atoms with Crippen LogP contribution in [-0.2, 0) is 0 Å². The Morgan fingerprint density at radius 3 is 2.74 bits per heavy atom. The summed E-state index contributed by atoms with van der Waals surface area (Å²) in [6, 6.07) is 5.27. The maximum absolute atomic E-state index is 6.09. The number of halogens is 2. The average Bonchev–Trinajstić information content (AvgIpc) is 2.43. The molecule has 19 heavy (non-hydrogen) atoms. The second-order valence-corrected chi connectivity index (χ2v) is 4.78. The summed E-state index contributed by atoms with van der Waals surface area (Å²) in [6.45, 7) is 0. The number of anilines is 2. The number of rotatable bonds is 4. The highest BCUT2D eigenvalue weighted by molar-refractivity contribution is 9.10. The van der Waals surface area contributed by atoms with Gasteiger partial charge >= 0.3 is 0 Å². The normalized spacial score (nSPS) is 10.1. The van der Waals surface area contributed by atoms with Gasteiger partial charge in [0.25, 0.3) is 0 Å². The van der Waals surface area contributed by atoms with Crippen molar-refractivity contribution in [2.75, 3.05) is 19.5 Å². The molecule has 0 amide bonds. The Morgan fingerprint density at radius 2 is 2.05 bits per heavy atom. The van der Waals surface area contributed by atoms with E-state index in [1.165, 1.54) is 7.11 Å². The Balaban J connectivity index is 2.30. The molecular weight excluding hydrogens is 334 g/mol. The lowest BCUT2D eigenvalue weighted by Crippen LogP contribution is -2.00. The molecule has 0 saturated carbocycles. The van der Waals surface area contributed by atoms with Crippen molar-refractivity contribution in [3.05, 3.63) is 33.9 Å². The molecule has 1 N–H and O–H groups in total. The SMILES string of the molecule is COc1ccc(Cl)c(Nc2ncc(Br)c(OC)n2)c1. The molecule has 0 bridgehead atoms. The highest BCUT2D eigenvalue weighted by Gasteiger charge is 2.08. The van der Waals surface area contributed by atoms with Crippen LogP contribution in [0.2, 0.25) is 5.02 Å². The summed E-state index contributed by atoms with van der Waals surface area (Å²) in [4.78, 5) is 8.32. The first-order chi connectivity index (χ1) is 9.13. The molecule has 2 rings (SSSR count). The van der Waals surface area contributed by atoms with Gasteiger partial charge in [0.1, 0.15) is 5.75 Å². The minimum absolute atomic E-state index is 0.384. The molecule has 0 spiro atoms. The van der Waals surface area contributed by atoms with Gasteiger partial charge in [0.05, 0.1) is 35.6 Å². The van der Waals surface area contributed by atoms with Crippen molar-refractivity contribution in [3.8, 4) is 11.6 Å². The van der Waals surface area contributed by atoms with E-state index in [-0.39, 0.29) is 0 Å². The Kier molecular flexibility index (Phi) is 4.44. The number of aromatic nitrogens is 2. The number of hydrogen-bond donors (Lipinski definition) is 1. The molecule has 1 heterocycles. The molecular formula is C12H11BrClN3O2. The average molecular weight is 345 g/mol. The second-order valence-electron chi connectivity index (χ2n) is 3.52. The van der Waals surface area contributed by atoms with Crippen LogP contribution >= 0.6 is 27.5 Å². The van der Waals surface area contributed by atoms with Crippen LogP contribution in [0.1, 0.15) is 0 Å². The fraction of sp³-hybridized carbons (Fsp3) is 0.167. The van der Waals surface area contributed by atoms with Gasteiger partial charge in [-0.2, -0.15) is 4.98 Å². The predicted molar refractivity (Wildman–Crippen MR) is 77.6 cm³/mol. The van der Waals surface area contributed by atoms with Crippen LogP contribution in [0.3, 0.4) is 0 Å². The van der Waals surface area contributed by atoms with Gasteiger partial charge in [-0.1, -0.05) is 11.6 Å². The zero-order chi connectivity index (χ0) is 13.8. The quantitative estimate of drug-likeness (QED) is 0.917. The molecule has 0 aliphatic carbocycles. The van der Waals surface area contributed by atoms with Crippen molar-refractivity contribution in [2.45, 2.75) is 0 Å². The molecule has 0 aliphatic heterocycles.